The molecule has 0 spiro atoms. The lowest BCUT2D eigenvalue weighted by atomic mass is 10.1. The zero-order chi connectivity index (χ0) is 22.1. The van der Waals surface area contributed by atoms with Crippen LogP contribution in [0.2, 0.25) is 0 Å². The van der Waals surface area contributed by atoms with Crippen molar-refractivity contribution in [3.8, 4) is 0 Å². The average molecular weight is 565 g/mol. The van der Waals surface area contributed by atoms with E-state index in [1.807, 2.05) is 4.57 Å². The zero-order valence-electron chi connectivity index (χ0n) is 18.3. The van der Waals surface area contributed by atoms with Crippen LogP contribution >= 0.6 is 24.0 Å². The second-order valence-corrected chi connectivity index (χ2v) is 7.60. The molecule has 178 valence electrons. The number of nitrogens with one attached hydrogen (secondary N) is 1. The average Bonchev–Trinajstić information content (AvgIpc) is 3.27. The van der Waals surface area contributed by atoms with E-state index in [2.05, 4.69) is 32.2 Å². The number of nitrogens with zero attached hydrogens (tertiary/aromatic N) is 6. The topological polar surface area (TPSA) is 61.6 Å². The highest BCUT2D eigenvalue weighted by Crippen LogP contribution is 2.29. The summed E-state index contributed by atoms with van der Waals surface area (Å²) in [6.07, 6.45) is 1.15. The molecule has 2 heterocycles. The first-order chi connectivity index (χ1) is 15.0. The largest absolute Gasteiger partial charge is 0.416 e. The van der Waals surface area contributed by atoms with Crippen LogP contribution in [0.5, 0.6) is 0 Å². The summed E-state index contributed by atoms with van der Waals surface area (Å²) in [5, 5.41) is 11.0. The number of hydrogen-bond donors (Lipinski definition) is 1. The van der Waals surface area contributed by atoms with Crippen molar-refractivity contribution in [3.63, 3.8) is 0 Å². The number of rotatable bonds is 8. The predicted molar refractivity (Wildman–Crippen MR) is 129 cm³/mol. The Morgan fingerprint density at radius 1 is 1.03 bits per heavy atom. The fraction of sp³-hybridized carbons (Fsp3) is 0.571. The summed E-state index contributed by atoms with van der Waals surface area (Å²) in [5.74, 6) is 0.931. The lowest BCUT2D eigenvalue weighted by Crippen LogP contribution is -2.52. The van der Waals surface area contributed by atoms with Crippen LogP contribution in [-0.4, -0.2) is 69.8 Å². The smallest absolute Gasteiger partial charge is 0.357 e. The van der Waals surface area contributed by atoms with Crippen molar-refractivity contribution in [2.45, 2.75) is 39.0 Å². The molecule has 7 nitrogen and oxygen atoms in total. The van der Waals surface area contributed by atoms with Gasteiger partial charge in [-0.25, -0.2) is 0 Å². The number of guanidine groups is 1. The molecule has 0 bridgehead atoms. The van der Waals surface area contributed by atoms with Crippen LogP contribution < -0.4 is 5.32 Å². The van der Waals surface area contributed by atoms with E-state index in [9.17, 15) is 13.2 Å². The Kier molecular flexibility index (Phi) is 10.7. The summed E-state index contributed by atoms with van der Waals surface area (Å²) in [6.45, 7) is 8.55. The molecule has 0 saturated carbocycles. The van der Waals surface area contributed by atoms with E-state index in [-0.39, 0.29) is 24.0 Å². The molecular formula is C21H31F3IN7. The van der Waals surface area contributed by atoms with Crippen LogP contribution in [0.25, 0.3) is 0 Å². The number of benzene rings is 1. The molecule has 1 fully saturated rings. The van der Waals surface area contributed by atoms with Gasteiger partial charge in [-0.3, -0.25) is 9.89 Å². The Balaban J connectivity index is 0.00000363. The Hall–Kier alpha value is -1.89. The summed E-state index contributed by atoms with van der Waals surface area (Å²) < 4.78 is 40.1. The van der Waals surface area contributed by atoms with Crippen LogP contribution in [0.1, 0.15) is 30.9 Å². The van der Waals surface area contributed by atoms with Gasteiger partial charge in [0.15, 0.2) is 5.96 Å². The van der Waals surface area contributed by atoms with E-state index >= 15 is 0 Å². The summed E-state index contributed by atoms with van der Waals surface area (Å²) >= 11 is 0. The molecule has 3 rings (SSSR count). The molecule has 11 heteroatoms. The Bertz CT molecular complexity index is 802. The number of alkyl halides is 3. The molecule has 0 aliphatic carbocycles. The third kappa shape index (κ3) is 8.23. The van der Waals surface area contributed by atoms with Crippen molar-refractivity contribution in [2.24, 2.45) is 4.99 Å². The molecule has 1 aliphatic rings. The van der Waals surface area contributed by atoms with Crippen molar-refractivity contribution >= 4 is 29.9 Å². The second-order valence-electron chi connectivity index (χ2n) is 7.60. The molecule has 32 heavy (non-hydrogen) atoms. The minimum Gasteiger partial charge on any atom is -0.357 e. The van der Waals surface area contributed by atoms with Gasteiger partial charge in [0.2, 0.25) is 0 Å². The first-order valence-electron chi connectivity index (χ1n) is 10.7. The van der Waals surface area contributed by atoms with Crippen molar-refractivity contribution < 1.29 is 13.2 Å². The first kappa shape index (κ1) is 26.4. The van der Waals surface area contributed by atoms with Gasteiger partial charge < -0.3 is 14.8 Å². The number of aromatic nitrogens is 3. The van der Waals surface area contributed by atoms with Gasteiger partial charge in [-0.1, -0.05) is 12.1 Å². The maximum Gasteiger partial charge on any atom is 0.416 e. The third-order valence-electron chi connectivity index (χ3n) is 5.25. The quantitative estimate of drug-likeness (QED) is 0.230. The zero-order valence-corrected chi connectivity index (χ0v) is 20.6. The molecule has 1 aromatic heterocycles. The fourth-order valence-corrected chi connectivity index (χ4v) is 3.53. The highest BCUT2D eigenvalue weighted by Gasteiger charge is 2.30. The monoisotopic (exact) mass is 565 g/mol. The van der Waals surface area contributed by atoms with Crippen molar-refractivity contribution in [1.82, 2.24) is 29.9 Å². The van der Waals surface area contributed by atoms with Gasteiger partial charge in [-0.2, -0.15) is 13.2 Å². The molecule has 1 aliphatic heterocycles. The maximum absolute atomic E-state index is 12.7. The first-order valence-corrected chi connectivity index (χ1v) is 10.7. The van der Waals surface area contributed by atoms with E-state index < -0.39 is 11.7 Å². The molecule has 0 radical (unpaired) electrons. The van der Waals surface area contributed by atoms with Crippen LogP contribution in [0.15, 0.2) is 41.9 Å². The van der Waals surface area contributed by atoms with Crippen molar-refractivity contribution in [2.75, 3.05) is 39.3 Å². The standard InChI is InChI=1S/C21H30F3N7.HI/c1-2-25-20(26-9-3-4-10-30-16-27-28-17-30)31-13-11-29(12-14-31)15-18-5-7-19(8-6-18)21(22,23)24;/h5-8,16-17H,2-4,9-15H2,1H3,(H,25,26);1H. The van der Waals surface area contributed by atoms with Gasteiger partial charge in [0, 0.05) is 52.4 Å². The van der Waals surface area contributed by atoms with Gasteiger partial charge in [-0.15, -0.1) is 34.2 Å². The fourth-order valence-electron chi connectivity index (χ4n) is 3.53. The molecule has 0 atom stereocenters. The lowest BCUT2D eigenvalue weighted by molar-refractivity contribution is -0.137. The SMILES string of the molecule is CCNC(=NCCCCn1cnnc1)N1CCN(Cc2ccc(C(F)(F)F)cc2)CC1.I. The molecule has 0 unspecified atom stereocenters. The summed E-state index contributed by atoms with van der Waals surface area (Å²) in [5.41, 5.74) is 0.296. The van der Waals surface area contributed by atoms with E-state index in [0.29, 0.717) is 6.54 Å². The summed E-state index contributed by atoms with van der Waals surface area (Å²) in [4.78, 5) is 9.29. The number of unbranched alkanes of at least 4 members (excludes halogenated alkanes) is 1. The number of aryl methyl sites for hydroxylation is 1. The van der Waals surface area contributed by atoms with Crippen molar-refractivity contribution in [1.29, 1.82) is 0 Å². The van der Waals surface area contributed by atoms with E-state index in [1.54, 1.807) is 24.8 Å². The van der Waals surface area contributed by atoms with Gasteiger partial charge in [-0.05, 0) is 37.5 Å². The Labute approximate surface area is 204 Å². The van der Waals surface area contributed by atoms with Crippen molar-refractivity contribution in [3.05, 3.63) is 48.0 Å². The maximum atomic E-state index is 12.7. The number of hydrogen-bond acceptors (Lipinski definition) is 4. The van der Waals surface area contributed by atoms with Crippen LogP contribution in [0, 0.1) is 0 Å². The molecule has 2 aromatic rings. The van der Waals surface area contributed by atoms with Gasteiger partial charge in [0.25, 0.3) is 0 Å². The lowest BCUT2D eigenvalue weighted by Gasteiger charge is -2.36. The molecule has 1 saturated heterocycles. The Morgan fingerprint density at radius 2 is 1.69 bits per heavy atom. The van der Waals surface area contributed by atoms with E-state index in [0.717, 1.165) is 82.3 Å². The van der Waals surface area contributed by atoms with E-state index in [4.69, 9.17) is 4.99 Å². The highest BCUT2D eigenvalue weighted by atomic mass is 127. The molecule has 1 N–H and O–H groups in total. The van der Waals surface area contributed by atoms with Crippen LogP contribution in [0.4, 0.5) is 13.2 Å². The second kappa shape index (κ2) is 13.0. The molecule has 1 aromatic carbocycles. The number of piperazine rings is 1. The summed E-state index contributed by atoms with van der Waals surface area (Å²) in [7, 11) is 0. The highest BCUT2D eigenvalue weighted by molar-refractivity contribution is 14.0. The minimum atomic E-state index is -4.29. The third-order valence-corrected chi connectivity index (χ3v) is 5.25. The van der Waals surface area contributed by atoms with Gasteiger partial charge in [0.05, 0.1) is 5.56 Å². The minimum absolute atomic E-state index is 0. The van der Waals surface area contributed by atoms with Crippen LogP contribution in [-0.2, 0) is 19.3 Å². The normalized spacial score (nSPS) is 15.5. The molecule has 0 amide bonds. The molecular weight excluding hydrogens is 534 g/mol. The van der Waals surface area contributed by atoms with Gasteiger partial charge in [0.1, 0.15) is 12.7 Å². The van der Waals surface area contributed by atoms with Gasteiger partial charge >= 0.3 is 6.18 Å². The number of aliphatic imine (C=N–C) groups is 1. The Morgan fingerprint density at radius 3 is 2.28 bits per heavy atom. The summed E-state index contributed by atoms with van der Waals surface area (Å²) in [6, 6.07) is 5.46. The van der Waals surface area contributed by atoms with E-state index in [1.165, 1.54) is 0 Å². The van der Waals surface area contributed by atoms with Crippen LogP contribution in [0.3, 0.4) is 0 Å². The predicted octanol–water partition coefficient (Wildman–Crippen LogP) is 3.48. The number of halogens is 4.